The molecule has 3 aliphatic carbocycles. The van der Waals surface area contributed by atoms with Gasteiger partial charge in [-0.1, -0.05) is 32.0 Å². The van der Waals surface area contributed by atoms with E-state index in [0.29, 0.717) is 24.2 Å². The standard InChI is InChI=1S/C27H33NO5/c1-24(2,31)23-19(29)13-17-20(33-23)9-10-25(3)26(4)14(12-21(30)27(17,25)32)11-16-15-7-5-6-8-18(15)28-22(16)26/h5-9,13-14,19,21,23,28-32H,10-12H2,1-4H3/t14-,19-,21+,23+,25-,26-,27+/m1/s1. The van der Waals surface area contributed by atoms with Gasteiger partial charge >= 0.3 is 0 Å². The summed E-state index contributed by atoms with van der Waals surface area (Å²) in [7, 11) is 0. The van der Waals surface area contributed by atoms with Gasteiger partial charge in [0.25, 0.3) is 0 Å². The average molecular weight is 452 g/mol. The first kappa shape index (κ1) is 21.4. The minimum absolute atomic E-state index is 0.178. The maximum atomic E-state index is 12.4. The van der Waals surface area contributed by atoms with Crippen molar-refractivity contribution in [2.75, 3.05) is 0 Å². The number of aromatic amines is 1. The van der Waals surface area contributed by atoms with Gasteiger partial charge < -0.3 is 30.1 Å². The normalized spacial score (nSPS) is 41.9. The van der Waals surface area contributed by atoms with Crippen molar-refractivity contribution < 1.29 is 25.2 Å². The molecule has 0 unspecified atom stereocenters. The largest absolute Gasteiger partial charge is 0.484 e. The summed E-state index contributed by atoms with van der Waals surface area (Å²) < 4.78 is 6.05. The van der Waals surface area contributed by atoms with Gasteiger partial charge in [-0.2, -0.15) is 0 Å². The fourth-order valence-electron chi connectivity index (χ4n) is 7.55. The highest BCUT2D eigenvalue weighted by Crippen LogP contribution is 2.69. The summed E-state index contributed by atoms with van der Waals surface area (Å²) >= 11 is 0. The molecular formula is C27H33NO5. The zero-order valence-corrected chi connectivity index (χ0v) is 19.6. The number of hydrogen-bond acceptors (Lipinski definition) is 5. The molecule has 7 atom stereocenters. The highest BCUT2D eigenvalue weighted by Gasteiger charge is 2.72. The van der Waals surface area contributed by atoms with Crippen molar-refractivity contribution in [3.63, 3.8) is 0 Å². The number of nitrogens with one attached hydrogen (secondary N) is 1. The minimum atomic E-state index is -1.60. The molecule has 1 aliphatic heterocycles. The van der Waals surface area contributed by atoms with Crippen LogP contribution >= 0.6 is 0 Å². The van der Waals surface area contributed by atoms with E-state index in [4.69, 9.17) is 4.74 Å². The van der Waals surface area contributed by atoms with Crippen LogP contribution in [0.25, 0.3) is 10.9 Å². The van der Waals surface area contributed by atoms with Crippen molar-refractivity contribution in [3.8, 4) is 0 Å². The predicted molar refractivity (Wildman–Crippen MR) is 124 cm³/mol. The van der Waals surface area contributed by atoms with E-state index in [1.165, 1.54) is 10.9 Å². The molecular weight excluding hydrogens is 418 g/mol. The third kappa shape index (κ3) is 2.38. The second kappa shape index (κ2) is 6.30. The molecule has 0 bridgehead atoms. The molecule has 176 valence electrons. The van der Waals surface area contributed by atoms with E-state index >= 15 is 0 Å². The van der Waals surface area contributed by atoms with Crippen molar-refractivity contribution in [3.05, 3.63) is 59.0 Å². The van der Waals surface area contributed by atoms with Crippen LogP contribution < -0.4 is 0 Å². The molecule has 0 amide bonds. The fourth-order valence-corrected chi connectivity index (χ4v) is 7.55. The number of aliphatic hydroxyl groups excluding tert-OH is 2. The molecule has 5 N–H and O–H groups in total. The van der Waals surface area contributed by atoms with Crippen molar-refractivity contribution in [1.29, 1.82) is 0 Å². The van der Waals surface area contributed by atoms with Crippen LogP contribution in [0.15, 0.2) is 47.7 Å². The van der Waals surface area contributed by atoms with Crippen molar-refractivity contribution >= 4 is 10.9 Å². The third-order valence-corrected chi connectivity index (χ3v) is 9.55. The second-order valence-electron chi connectivity index (χ2n) is 11.5. The molecule has 1 aromatic heterocycles. The molecule has 6 rings (SSSR count). The molecule has 1 aromatic carbocycles. The highest BCUT2D eigenvalue weighted by molar-refractivity contribution is 5.86. The first-order chi connectivity index (χ1) is 15.4. The van der Waals surface area contributed by atoms with Gasteiger partial charge in [-0.25, -0.2) is 0 Å². The Labute approximate surface area is 193 Å². The summed E-state index contributed by atoms with van der Waals surface area (Å²) in [4.78, 5) is 3.67. The number of hydrogen-bond donors (Lipinski definition) is 5. The number of para-hydroxylation sites is 1. The number of rotatable bonds is 1. The number of allylic oxidation sites excluding steroid dienone is 1. The fraction of sp³-hybridized carbons (Fsp3) is 0.556. The minimum Gasteiger partial charge on any atom is -0.484 e. The van der Waals surface area contributed by atoms with Gasteiger partial charge in [0.15, 0.2) is 6.10 Å². The van der Waals surface area contributed by atoms with Crippen LogP contribution in [-0.2, 0) is 16.6 Å². The number of H-pyrrole nitrogens is 1. The van der Waals surface area contributed by atoms with Crippen molar-refractivity contribution in [1.82, 2.24) is 4.98 Å². The molecule has 0 spiro atoms. The number of fused-ring (bicyclic) bond motifs is 9. The van der Waals surface area contributed by atoms with Crippen molar-refractivity contribution in [2.45, 2.75) is 81.9 Å². The summed E-state index contributed by atoms with van der Waals surface area (Å²) in [5, 5.41) is 46.4. The number of aromatic nitrogens is 1. The molecule has 4 aliphatic rings. The van der Waals surface area contributed by atoms with E-state index in [1.807, 2.05) is 18.2 Å². The number of aliphatic hydroxyl groups is 4. The molecule has 33 heavy (non-hydrogen) atoms. The van der Waals surface area contributed by atoms with Crippen LogP contribution in [0, 0.1) is 11.3 Å². The Hall–Kier alpha value is -2.12. The zero-order valence-electron chi connectivity index (χ0n) is 19.6. The average Bonchev–Trinajstić information content (AvgIpc) is 3.25. The van der Waals surface area contributed by atoms with Crippen LogP contribution in [0.4, 0.5) is 0 Å². The molecule has 2 aromatic rings. The van der Waals surface area contributed by atoms with E-state index in [1.54, 1.807) is 19.9 Å². The maximum Gasteiger partial charge on any atom is 0.156 e. The topological polar surface area (TPSA) is 106 Å². The van der Waals surface area contributed by atoms with Crippen LogP contribution in [0.3, 0.4) is 0 Å². The van der Waals surface area contributed by atoms with E-state index < -0.39 is 40.3 Å². The zero-order chi connectivity index (χ0) is 23.6. The Kier molecular flexibility index (Phi) is 4.09. The molecule has 6 heteroatoms. The lowest BCUT2D eigenvalue weighted by atomic mass is 9.43. The predicted octanol–water partition coefficient (Wildman–Crippen LogP) is 2.84. The van der Waals surface area contributed by atoms with Crippen LogP contribution in [0.1, 0.15) is 51.8 Å². The van der Waals surface area contributed by atoms with Gasteiger partial charge in [-0.15, -0.1) is 0 Å². The number of ether oxygens (including phenoxy) is 1. The summed E-state index contributed by atoms with van der Waals surface area (Å²) in [6.07, 6.45) is 2.41. The Morgan fingerprint density at radius 3 is 2.61 bits per heavy atom. The quantitative estimate of drug-likeness (QED) is 0.459. The molecule has 0 saturated heterocycles. The number of benzene rings is 1. The first-order valence-electron chi connectivity index (χ1n) is 11.9. The lowest BCUT2D eigenvalue weighted by Crippen LogP contribution is -2.71. The van der Waals surface area contributed by atoms with Gasteiger partial charge in [0.05, 0.1) is 11.7 Å². The summed E-state index contributed by atoms with van der Waals surface area (Å²) in [5.41, 5.74) is -0.0832. The van der Waals surface area contributed by atoms with Crippen LogP contribution in [0.5, 0.6) is 0 Å². The van der Waals surface area contributed by atoms with E-state index in [-0.39, 0.29) is 5.92 Å². The monoisotopic (exact) mass is 451 g/mol. The maximum absolute atomic E-state index is 12.4. The van der Waals surface area contributed by atoms with Gasteiger partial charge in [-0.05, 0) is 62.8 Å². The van der Waals surface area contributed by atoms with Crippen molar-refractivity contribution in [2.24, 2.45) is 11.3 Å². The summed E-state index contributed by atoms with van der Waals surface area (Å²) in [6.45, 7) is 7.47. The smallest absolute Gasteiger partial charge is 0.156 e. The molecule has 0 radical (unpaired) electrons. The van der Waals surface area contributed by atoms with Crippen LogP contribution in [0.2, 0.25) is 0 Å². The van der Waals surface area contributed by atoms with Gasteiger partial charge in [0.2, 0.25) is 0 Å². The van der Waals surface area contributed by atoms with Gasteiger partial charge in [-0.3, -0.25) is 0 Å². The molecule has 6 nitrogen and oxygen atoms in total. The van der Waals surface area contributed by atoms with E-state index in [2.05, 4.69) is 31.0 Å². The SMILES string of the molecule is CC(C)(O)[C@H]1OC2=CC[C@]3(C)[C@@]4(C)c5[nH]c6ccccc6c5C[C@@H]4C[C@H](O)[C@@]3(O)C2=C[C@H]1O. The highest BCUT2D eigenvalue weighted by atomic mass is 16.5. The Balaban J connectivity index is 1.54. The van der Waals surface area contributed by atoms with E-state index in [9.17, 15) is 20.4 Å². The van der Waals surface area contributed by atoms with Gasteiger partial charge in [0.1, 0.15) is 17.5 Å². The molecule has 1 saturated carbocycles. The Bertz CT molecular complexity index is 1220. The lowest BCUT2D eigenvalue weighted by molar-refractivity contribution is -0.210. The molecule has 2 heterocycles. The summed E-state index contributed by atoms with van der Waals surface area (Å²) in [5.74, 6) is 0.626. The van der Waals surface area contributed by atoms with Gasteiger partial charge in [0, 0.05) is 33.0 Å². The lowest BCUT2D eigenvalue weighted by Gasteiger charge is -2.64. The third-order valence-electron chi connectivity index (χ3n) is 9.55. The van der Waals surface area contributed by atoms with Crippen LogP contribution in [-0.4, -0.2) is 54.9 Å². The summed E-state index contributed by atoms with van der Waals surface area (Å²) in [6, 6.07) is 8.30. The Morgan fingerprint density at radius 2 is 1.88 bits per heavy atom. The molecule has 1 fully saturated rings. The second-order valence-corrected chi connectivity index (χ2v) is 11.5. The Morgan fingerprint density at radius 1 is 1.15 bits per heavy atom. The van der Waals surface area contributed by atoms with E-state index in [0.717, 1.165) is 17.6 Å². The first-order valence-corrected chi connectivity index (χ1v) is 11.9.